The molecule has 0 spiro atoms. The number of nitrogens with zero attached hydrogens (tertiary/aromatic N) is 3. The molecule has 8 nitrogen and oxygen atoms in total. The van der Waals surface area contributed by atoms with Crippen molar-refractivity contribution in [1.29, 1.82) is 0 Å². The van der Waals surface area contributed by atoms with Gasteiger partial charge in [0.1, 0.15) is 5.60 Å². The van der Waals surface area contributed by atoms with Gasteiger partial charge in [0.05, 0.1) is 0 Å². The van der Waals surface area contributed by atoms with Crippen molar-refractivity contribution in [2.45, 2.75) is 64.9 Å². The third-order valence-corrected chi connectivity index (χ3v) is 5.73. The number of nitrogens with one attached hydrogen (secondary N) is 1. The summed E-state index contributed by atoms with van der Waals surface area (Å²) in [5.41, 5.74) is -0.744. The molecular weight excluding hydrogens is 372 g/mol. The molecule has 0 aromatic heterocycles. The lowest BCUT2D eigenvalue weighted by molar-refractivity contribution is -0.135. The Labute approximate surface area is 174 Å². The fourth-order valence-corrected chi connectivity index (χ4v) is 4.15. The Bertz CT molecular complexity index is 586. The molecule has 0 aromatic carbocycles. The topological polar surface area (TPSA) is 82.2 Å². The number of alkyl carbamates (subject to hydrolysis) is 1. The first-order valence-electron chi connectivity index (χ1n) is 10.7. The average Bonchev–Trinajstić information content (AvgIpc) is 2.65. The minimum absolute atomic E-state index is 0.0117. The van der Waals surface area contributed by atoms with Crippen LogP contribution in [-0.2, 0) is 9.53 Å². The van der Waals surface area contributed by atoms with E-state index in [2.05, 4.69) is 5.32 Å². The molecule has 166 valence electrons. The van der Waals surface area contributed by atoms with Crippen LogP contribution in [0.25, 0.3) is 0 Å². The van der Waals surface area contributed by atoms with Gasteiger partial charge < -0.3 is 24.8 Å². The molecule has 0 aromatic rings. The molecule has 1 N–H and O–H groups in total. The molecule has 1 saturated heterocycles. The van der Waals surface area contributed by atoms with E-state index in [9.17, 15) is 14.4 Å². The van der Waals surface area contributed by atoms with Gasteiger partial charge in [0.25, 0.3) is 0 Å². The lowest BCUT2D eigenvalue weighted by Gasteiger charge is -2.40. The molecule has 8 heteroatoms. The van der Waals surface area contributed by atoms with Crippen molar-refractivity contribution in [1.82, 2.24) is 20.0 Å². The predicted molar refractivity (Wildman–Crippen MR) is 112 cm³/mol. The molecule has 0 radical (unpaired) electrons. The maximum Gasteiger partial charge on any atom is 0.407 e. The molecule has 2 fully saturated rings. The number of rotatable bonds is 4. The van der Waals surface area contributed by atoms with E-state index >= 15 is 0 Å². The monoisotopic (exact) mass is 410 g/mol. The minimum atomic E-state index is -0.538. The average molecular weight is 411 g/mol. The third-order valence-electron chi connectivity index (χ3n) is 5.73. The molecule has 29 heavy (non-hydrogen) atoms. The molecule has 4 amide bonds. The number of carbonyl (C=O) groups is 3. The SMILES string of the molecule is CN(C)C(=O)N1CCN(C(=O)CC2(CNC(=O)OC(C)(C)C)CCCCC2)CC1. The van der Waals surface area contributed by atoms with Gasteiger partial charge in [-0.05, 0) is 39.0 Å². The van der Waals surface area contributed by atoms with Crippen LogP contribution in [0, 0.1) is 5.41 Å². The van der Waals surface area contributed by atoms with E-state index in [4.69, 9.17) is 4.74 Å². The second-order valence-corrected chi connectivity index (χ2v) is 9.64. The molecular formula is C21H38N4O4. The number of hydrogen-bond acceptors (Lipinski definition) is 4. The van der Waals surface area contributed by atoms with Crippen LogP contribution < -0.4 is 5.32 Å². The number of piperazine rings is 1. The maximum absolute atomic E-state index is 13.0. The van der Waals surface area contributed by atoms with E-state index in [1.807, 2.05) is 25.7 Å². The van der Waals surface area contributed by atoms with Crippen molar-refractivity contribution in [2.24, 2.45) is 5.41 Å². The van der Waals surface area contributed by atoms with Crippen molar-refractivity contribution in [3.63, 3.8) is 0 Å². The highest BCUT2D eigenvalue weighted by Gasteiger charge is 2.37. The molecule has 2 rings (SSSR count). The van der Waals surface area contributed by atoms with Crippen LogP contribution in [0.3, 0.4) is 0 Å². The molecule has 2 aliphatic rings. The molecule has 1 aliphatic heterocycles. The Kier molecular flexibility index (Phi) is 7.77. The lowest BCUT2D eigenvalue weighted by Crippen LogP contribution is -2.54. The molecule has 0 atom stereocenters. The normalized spacial score (nSPS) is 19.5. The molecule has 0 unspecified atom stereocenters. The minimum Gasteiger partial charge on any atom is -0.444 e. The van der Waals surface area contributed by atoms with Gasteiger partial charge in [-0.15, -0.1) is 0 Å². The highest BCUT2D eigenvalue weighted by Crippen LogP contribution is 2.39. The first-order valence-corrected chi connectivity index (χ1v) is 10.7. The van der Waals surface area contributed by atoms with Gasteiger partial charge in [-0.2, -0.15) is 0 Å². The van der Waals surface area contributed by atoms with E-state index < -0.39 is 11.7 Å². The van der Waals surface area contributed by atoms with Crippen molar-refractivity contribution in [2.75, 3.05) is 46.8 Å². The van der Waals surface area contributed by atoms with Gasteiger partial charge in [-0.3, -0.25) is 4.79 Å². The second-order valence-electron chi connectivity index (χ2n) is 9.64. The summed E-state index contributed by atoms with van der Waals surface area (Å²) in [6, 6.07) is -0.0117. The Morgan fingerprint density at radius 1 is 0.966 bits per heavy atom. The zero-order chi connectivity index (χ0) is 21.7. The summed E-state index contributed by atoms with van der Waals surface area (Å²) in [6.45, 7) is 8.24. The largest absolute Gasteiger partial charge is 0.444 e. The third kappa shape index (κ3) is 7.08. The van der Waals surface area contributed by atoms with E-state index in [0.717, 1.165) is 25.7 Å². The number of hydrogen-bond donors (Lipinski definition) is 1. The first-order chi connectivity index (χ1) is 13.5. The summed E-state index contributed by atoms with van der Waals surface area (Å²) in [6.07, 6.45) is 5.22. The van der Waals surface area contributed by atoms with E-state index in [1.165, 1.54) is 6.42 Å². The van der Waals surface area contributed by atoms with E-state index in [-0.39, 0.29) is 17.4 Å². The summed E-state index contributed by atoms with van der Waals surface area (Å²) in [4.78, 5) is 42.4. The molecule has 1 aliphatic carbocycles. The standard InChI is InChI=1S/C21H38N4O4/c1-20(2,3)29-18(27)22-16-21(9-7-6-8-10-21)15-17(26)24-11-13-25(14-12-24)19(28)23(4)5/h6-16H2,1-5H3,(H,22,27). The van der Waals surface area contributed by atoms with Gasteiger partial charge in [0, 0.05) is 53.2 Å². The van der Waals surface area contributed by atoms with Crippen molar-refractivity contribution >= 4 is 18.0 Å². The van der Waals surface area contributed by atoms with Crippen molar-refractivity contribution in [3.8, 4) is 0 Å². The van der Waals surface area contributed by atoms with Gasteiger partial charge in [0.2, 0.25) is 5.91 Å². The van der Waals surface area contributed by atoms with Gasteiger partial charge in [-0.1, -0.05) is 19.3 Å². The number of urea groups is 1. The summed E-state index contributed by atoms with van der Waals surface area (Å²) in [5, 5.41) is 2.90. The summed E-state index contributed by atoms with van der Waals surface area (Å²) in [5.74, 6) is 0.120. The Balaban J connectivity index is 1.91. The first kappa shape index (κ1) is 23.3. The Morgan fingerprint density at radius 3 is 2.03 bits per heavy atom. The summed E-state index contributed by atoms with van der Waals surface area (Å²) in [7, 11) is 3.48. The highest BCUT2D eigenvalue weighted by atomic mass is 16.6. The van der Waals surface area contributed by atoms with Crippen LogP contribution in [-0.4, -0.2) is 85.2 Å². The number of carbonyl (C=O) groups excluding carboxylic acids is 3. The van der Waals surface area contributed by atoms with Gasteiger partial charge in [0.15, 0.2) is 0 Å². The van der Waals surface area contributed by atoms with Crippen LogP contribution in [0.5, 0.6) is 0 Å². The number of ether oxygens (including phenoxy) is 1. The summed E-state index contributed by atoms with van der Waals surface area (Å²) < 4.78 is 5.36. The van der Waals surface area contributed by atoms with Gasteiger partial charge >= 0.3 is 12.1 Å². The van der Waals surface area contributed by atoms with Gasteiger partial charge in [-0.25, -0.2) is 9.59 Å². The zero-order valence-electron chi connectivity index (χ0n) is 18.8. The lowest BCUT2D eigenvalue weighted by atomic mass is 9.71. The van der Waals surface area contributed by atoms with E-state index in [0.29, 0.717) is 39.1 Å². The van der Waals surface area contributed by atoms with E-state index in [1.54, 1.807) is 23.9 Å². The number of amides is 4. The maximum atomic E-state index is 13.0. The fourth-order valence-electron chi connectivity index (χ4n) is 4.15. The van der Waals surface area contributed by atoms with Crippen LogP contribution in [0.15, 0.2) is 0 Å². The highest BCUT2D eigenvalue weighted by molar-refractivity contribution is 5.78. The van der Waals surface area contributed by atoms with Crippen LogP contribution >= 0.6 is 0 Å². The molecule has 1 heterocycles. The quantitative estimate of drug-likeness (QED) is 0.772. The van der Waals surface area contributed by atoms with Crippen molar-refractivity contribution < 1.29 is 19.1 Å². The molecule has 0 bridgehead atoms. The van der Waals surface area contributed by atoms with Crippen molar-refractivity contribution in [3.05, 3.63) is 0 Å². The van der Waals surface area contributed by atoms with Crippen LogP contribution in [0.4, 0.5) is 9.59 Å². The second kappa shape index (κ2) is 9.67. The molecule has 1 saturated carbocycles. The van der Waals surface area contributed by atoms with Crippen LogP contribution in [0.1, 0.15) is 59.3 Å². The zero-order valence-corrected chi connectivity index (χ0v) is 18.8. The predicted octanol–water partition coefficient (Wildman–Crippen LogP) is 2.68. The Hall–Kier alpha value is -1.99. The fraction of sp³-hybridized carbons (Fsp3) is 0.857. The smallest absolute Gasteiger partial charge is 0.407 e. The Morgan fingerprint density at radius 2 is 1.52 bits per heavy atom. The summed E-state index contributed by atoms with van der Waals surface area (Å²) >= 11 is 0. The van der Waals surface area contributed by atoms with Crippen LogP contribution in [0.2, 0.25) is 0 Å².